The van der Waals surface area contributed by atoms with Crippen molar-refractivity contribution in [3.05, 3.63) is 35.4 Å². The zero-order chi connectivity index (χ0) is 20.5. The first-order valence-electron chi connectivity index (χ1n) is 8.61. The quantitative estimate of drug-likeness (QED) is 0.535. The average molecular weight is 397 g/mol. The smallest absolute Gasteiger partial charge is 0.416 e. The van der Waals surface area contributed by atoms with Crippen molar-refractivity contribution in [2.75, 3.05) is 6.61 Å². The minimum atomic E-state index is -4.51. The lowest BCUT2D eigenvalue weighted by Gasteiger charge is -2.33. The molecule has 0 aromatic heterocycles. The highest BCUT2D eigenvalue weighted by Crippen LogP contribution is 2.48. The molecule has 0 heterocycles. The van der Waals surface area contributed by atoms with Crippen LogP contribution < -0.4 is 0 Å². The number of fused-ring (bicyclic) bond motifs is 1. The van der Waals surface area contributed by atoms with Gasteiger partial charge in [-0.3, -0.25) is 0 Å². The Morgan fingerprint density at radius 2 is 2.14 bits per heavy atom. The van der Waals surface area contributed by atoms with E-state index in [0.717, 1.165) is 12.1 Å². The van der Waals surface area contributed by atoms with Gasteiger partial charge in [-0.2, -0.15) is 13.2 Å². The molecule has 0 spiro atoms. The molecule has 2 saturated carbocycles. The van der Waals surface area contributed by atoms with Gasteiger partial charge in [0.2, 0.25) is 6.61 Å². The van der Waals surface area contributed by atoms with E-state index in [0.29, 0.717) is 18.6 Å². The Kier molecular flexibility index (Phi) is 5.63. The molecule has 5 unspecified atom stereocenters. The van der Waals surface area contributed by atoms with E-state index >= 15 is 0 Å². The Balaban J connectivity index is 1.66. The summed E-state index contributed by atoms with van der Waals surface area (Å²) in [7, 11) is 0. The summed E-state index contributed by atoms with van der Waals surface area (Å²) in [6, 6.07) is 4.32. The van der Waals surface area contributed by atoms with Crippen LogP contribution in [0.15, 0.2) is 29.4 Å². The highest BCUT2D eigenvalue weighted by Gasteiger charge is 2.51. The third kappa shape index (κ3) is 4.29. The fraction of sp³-hybridized carbons (Fsp3) is 0.474. The third-order valence-electron chi connectivity index (χ3n) is 5.05. The van der Waals surface area contributed by atoms with Crippen molar-refractivity contribution < 1.29 is 38.1 Å². The van der Waals surface area contributed by atoms with Crippen molar-refractivity contribution in [3.8, 4) is 11.8 Å². The van der Waals surface area contributed by atoms with Crippen LogP contribution in [-0.4, -0.2) is 39.7 Å². The normalized spacial score (nSPS) is 28.7. The summed E-state index contributed by atoms with van der Waals surface area (Å²) in [5.74, 6) is 3.66. The van der Waals surface area contributed by atoms with Crippen LogP contribution in [0.2, 0.25) is 0 Å². The Bertz CT molecular complexity index is 842. The molecule has 0 radical (unpaired) electrons. The Morgan fingerprint density at radius 1 is 1.39 bits per heavy atom. The zero-order valence-electron chi connectivity index (χ0n) is 14.6. The topological polar surface area (TPSA) is 99.4 Å². The molecule has 150 valence electrons. The Labute approximate surface area is 158 Å². The summed E-state index contributed by atoms with van der Waals surface area (Å²) in [6.45, 7) is -0.546. The maximum Gasteiger partial charge on any atom is 0.416 e. The lowest BCUT2D eigenvalue weighted by molar-refractivity contribution is -0.142. The molecule has 2 fully saturated rings. The van der Waals surface area contributed by atoms with Gasteiger partial charge in [-0.05, 0) is 36.5 Å². The molecule has 2 aliphatic carbocycles. The summed E-state index contributed by atoms with van der Waals surface area (Å²) in [4.78, 5) is 15.1. The second kappa shape index (κ2) is 7.81. The number of carbonyl (C=O) groups is 1. The third-order valence-corrected chi connectivity index (χ3v) is 5.05. The predicted molar refractivity (Wildman–Crippen MR) is 90.9 cm³/mol. The van der Waals surface area contributed by atoms with Gasteiger partial charge in [0.05, 0.1) is 23.3 Å². The first-order chi connectivity index (χ1) is 13.2. The number of aliphatic hydroxyl groups excluding tert-OH is 2. The molecule has 0 amide bonds. The van der Waals surface area contributed by atoms with Crippen LogP contribution in [0.3, 0.4) is 0 Å². The number of carboxylic acid groups (broad SMARTS) is 1. The number of oxime groups is 1. The Hall–Kier alpha value is -2.57. The van der Waals surface area contributed by atoms with E-state index in [2.05, 4.69) is 17.0 Å². The van der Waals surface area contributed by atoms with Crippen LogP contribution in [0.5, 0.6) is 0 Å². The van der Waals surface area contributed by atoms with Crippen LogP contribution >= 0.6 is 0 Å². The summed E-state index contributed by atoms with van der Waals surface area (Å²) in [5, 5.41) is 32.6. The molecule has 0 aliphatic heterocycles. The molecule has 0 bridgehead atoms. The molecule has 3 N–H and O–H groups in total. The first-order valence-corrected chi connectivity index (χ1v) is 8.61. The number of hydrogen-bond donors (Lipinski definition) is 3. The molecule has 28 heavy (non-hydrogen) atoms. The first kappa shape index (κ1) is 20.2. The average Bonchev–Trinajstić information content (AvgIpc) is 2.86. The number of aliphatic hydroxyl groups is 2. The molecule has 2 aliphatic rings. The van der Waals surface area contributed by atoms with Gasteiger partial charge in [-0.1, -0.05) is 29.1 Å². The Morgan fingerprint density at radius 3 is 2.82 bits per heavy atom. The van der Waals surface area contributed by atoms with Crippen molar-refractivity contribution in [3.63, 3.8) is 0 Å². The molecule has 9 heteroatoms. The van der Waals surface area contributed by atoms with Gasteiger partial charge in [0, 0.05) is 5.92 Å². The minimum Gasteiger partial charge on any atom is -0.479 e. The summed E-state index contributed by atoms with van der Waals surface area (Å²) in [5.41, 5.74) is -0.176. The van der Waals surface area contributed by atoms with Gasteiger partial charge in [0.15, 0.2) is 0 Å². The number of rotatable bonds is 4. The van der Waals surface area contributed by atoms with Crippen molar-refractivity contribution in [2.24, 2.45) is 22.9 Å². The second-order valence-corrected chi connectivity index (χ2v) is 6.87. The number of benzene rings is 1. The number of carboxylic acids is 1. The van der Waals surface area contributed by atoms with Crippen LogP contribution in [0.4, 0.5) is 13.2 Å². The molecule has 0 saturated heterocycles. The molecule has 1 aromatic rings. The van der Waals surface area contributed by atoms with Crippen molar-refractivity contribution in [2.45, 2.75) is 31.2 Å². The van der Waals surface area contributed by atoms with E-state index in [1.807, 2.05) is 0 Å². The molecule has 5 atom stereocenters. The molecular formula is C19H18F3NO5. The summed E-state index contributed by atoms with van der Waals surface area (Å²) in [6.07, 6.45) is -5.80. The summed E-state index contributed by atoms with van der Waals surface area (Å²) >= 11 is 0. The fourth-order valence-corrected chi connectivity index (χ4v) is 3.62. The van der Waals surface area contributed by atoms with E-state index in [9.17, 15) is 28.2 Å². The summed E-state index contributed by atoms with van der Waals surface area (Å²) < 4.78 is 38.3. The predicted octanol–water partition coefficient (Wildman–Crippen LogP) is 2.22. The van der Waals surface area contributed by atoms with Crippen molar-refractivity contribution in [1.29, 1.82) is 0 Å². The van der Waals surface area contributed by atoms with Gasteiger partial charge in [-0.15, -0.1) is 0 Å². The van der Waals surface area contributed by atoms with E-state index in [1.165, 1.54) is 12.1 Å². The maximum absolute atomic E-state index is 12.8. The van der Waals surface area contributed by atoms with Gasteiger partial charge < -0.3 is 20.2 Å². The lowest BCUT2D eigenvalue weighted by atomic mass is 9.71. The van der Waals surface area contributed by atoms with Gasteiger partial charge in [0.25, 0.3) is 0 Å². The number of alkyl halides is 3. The van der Waals surface area contributed by atoms with Crippen LogP contribution in [-0.2, 0) is 15.8 Å². The van der Waals surface area contributed by atoms with Gasteiger partial charge >= 0.3 is 12.1 Å². The number of nitrogens with zero attached hydrogens (tertiary/aromatic N) is 1. The lowest BCUT2D eigenvalue weighted by Crippen LogP contribution is -2.36. The van der Waals surface area contributed by atoms with Crippen LogP contribution in [0, 0.1) is 29.6 Å². The van der Waals surface area contributed by atoms with Gasteiger partial charge in [0.1, 0.15) is 6.10 Å². The van der Waals surface area contributed by atoms with Crippen molar-refractivity contribution >= 4 is 11.7 Å². The molecule has 3 rings (SSSR count). The van der Waals surface area contributed by atoms with E-state index in [4.69, 9.17) is 9.94 Å². The second-order valence-electron chi connectivity index (χ2n) is 6.87. The molecule has 1 aromatic carbocycles. The van der Waals surface area contributed by atoms with E-state index < -0.39 is 42.4 Å². The monoisotopic (exact) mass is 397 g/mol. The van der Waals surface area contributed by atoms with E-state index in [-0.39, 0.29) is 17.4 Å². The van der Waals surface area contributed by atoms with Crippen LogP contribution in [0.25, 0.3) is 0 Å². The number of halogens is 3. The number of aliphatic carboxylic acids is 1. The highest BCUT2D eigenvalue weighted by atomic mass is 19.4. The van der Waals surface area contributed by atoms with Crippen molar-refractivity contribution in [1.82, 2.24) is 0 Å². The van der Waals surface area contributed by atoms with Crippen LogP contribution in [0.1, 0.15) is 30.1 Å². The zero-order valence-corrected chi connectivity index (χ0v) is 14.6. The largest absolute Gasteiger partial charge is 0.479 e. The fourth-order valence-electron chi connectivity index (χ4n) is 3.62. The molecule has 6 nitrogen and oxygen atoms in total. The van der Waals surface area contributed by atoms with Gasteiger partial charge in [-0.25, -0.2) is 4.79 Å². The SMILES string of the molecule is O=C(O)CON=C1CC2C1CC(O)C2C#CC(O)c1cccc(C(F)(F)F)c1. The standard InChI is InChI=1S/C19H18F3NO5/c20-19(21,22)11-3-1-2-10(6-11)16(24)5-4-12-13-7-15(14(13)8-17(12)25)23-28-9-18(26)27/h1-3,6,12-14,16-17,24-25H,7-9H2,(H,26,27). The number of hydrogen-bond acceptors (Lipinski definition) is 5. The minimum absolute atomic E-state index is 0.0108. The highest BCUT2D eigenvalue weighted by molar-refractivity contribution is 5.93. The maximum atomic E-state index is 12.8. The van der Waals surface area contributed by atoms with E-state index in [1.54, 1.807) is 0 Å². The molecular weight excluding hydrogens is 379 g/mol.